The molecule has 0 saturated carbocycles. The van der Waals surface area contributed by atoms with Gasteiger partial charge in [-0.1, -0.05) is 11.8 Å². The predicted octanol–water partition coefficient (Wildman–Crippen LogP) is 1.75. The minimum Gasteiger partial charge on any atom is -0.478 e. The zero-order valence-corrected chi connectivity index (χ0v) is 9.47. The van der Waals surface area contributed by atoms with E-state index in [1.807, 2.05) is 0 Å². The Morgan fingerprint density at radius 3 is 2.88 bits per heavy atom. The van der Waals surface area contributed by atoms with Crippen molar-refractivity contribution < 1.29 is 19.4 Å². The van der Waals surface area contributed by atoms with Gasteiger partial charge in [-0.15, -0.1) is 0 Å². The summed E-state index contributed by atoms with van der Waals surface area (Å²) >= 11 is 1.26. The van der Waals surface area contributed by atoms with E-state index in [1.165, 1.54) is 16.7 Å². The third-order valence-electron chi connectivity index (χ3n) is 1.65. The molecule has 16 heavy (non-hydrogen) atoms. The van der Waals surface area contributed by atoms with Crippen LogP contribution in [-0.4, -0.2) is 23.7 Å². The van der Waals surface area contributed by atoms with Crippen LogP contribution in [0.3, 0.4) is 0 Å². The number of carboxylic acid groups (broad SMARTS) is 1. The van der Waals surface area contributed by atoms with E-state index in [2.05, 4.69) is 16.6 Å². The van der Waals surface area contributed by atoms with Crippen LogP contribution in [0.15, 0.2) is 10.8 Å². The Labute approximate surface area is 96.9 Å². The van der Waals surface area contributed by atoms with Gasteiger partial charge in [-0.3, -0.25) is 4.79 Å². The number of carbonyl (C=O) groups excluding carboxylic acids is 1. The maximum Gasteiger partial charge on any atom is 0.337 e. The van der Waals surface area contributed by atoms with Crippen molar-refractivity contribution in [1.82, 2.24) is 0 Å². The fourth-order valence-corrected chi connectivity index (χ4v) is 1.74. The van der Waals surface area contributed by atoms with Crippen molar-refractivity contribution in [2.45, 2.75) is 13.3 Å². The summed E-state index contributed by atoms with van der Waals surface area (Å²) in [5, 5.41) is 11.9. The standard InChI is InChI=1S/C11H10O4S/c1-2-15-10(12)5-3-4-8-6-16-7-9(8)11(13)14/h6-7H,2,5H2,1H3,(H,13,14). The SMILES string of the molecule is CCOC(=O)CC#Cc1cscc1C(=O)O. The molecule has 0 fully saturated rings. The van der Waals surface area contributed by atoms with E-state index in [0.717, 1.165) is 0 Å². The Hall–Kier alpha value is -1.80. The van der Waals surface area contributed by atoms with Gasteiger partial charge >= 0.3 is 11.9 Å². The summed E-state index contributed by atoms with van der Waals surface area (Å²) in [7, 11) is 0. The first-order chi connectivity index (χ1) is 7.65. The number of rotatable bonds is 3. The molecule has 0 radical (unpaired) electrons. The Morgan fingerprint density at radius 1 is 1.50 bits per heavy atom. The molecule has 0 saturated heterocycles. The molecule has 4 nitrogen and oxygen atoms in total. The molecule has 5 heteroatoms. The van der Waals surface area contributed by atoms with Gasteiger partial charge in [-0.2, -0.15) is 11.3 Å². The molecule has 0 aliphatic heterocycles. The van der Waals surface area contributed by atoms with E-state index in [-0.39, 0.29) is 12.0 Å². The van der Waals surface area contributed by atoms with Crippen LogP contribution >= 0.6 is 11.3 Å². The monoisotopic (exact) mass is 238 g/mol. The second-order valence-electron chi connectivity index (χ2n) is 2.79. The van der Waals surface area contributed by atoms with Gasteiger partial charge in [0.25, 0.3) is 0 Å². The molecule has 0 bridgehead atoms. The molecule has 1 N–H and O–H groups in total. The van der Waals surface area contributed by atoms with Crippen LogP contribution in [0.5, 0.6) is 0 Å². The second-order valence-corrected chi connectivity index (χ2v) is 3.53. The van der Waals surface area contributed by atoms with Crippen molar-refractivity contribution in [2.24, 2.45) is 0 Å². The van der Waals surface area contributed by atoms with Gasteiger partial charge in [0.15, 0.2) is 0 Å². The van der Waals surface area contributed by atoms with Crippen molar-refractivity contribution in [3.8, 4) is 11.8 Å². The fourth-order valence-electron chi connectivity index (χ4n) is 0.983. The first kappa shape index (κ1) is 12.3. The molecule has 0 aromatic carbocycles. The summed E-state index contributed by atoms with van der Waals surface area (Å²) in [6.45, 7) is 2.03. The lowest BCUT2D eigenvalue weighted by Crippen LogP contribution is -2.01. The van der Waals surface area contributed by atoms with Crippen LogP contribution < -0.4 is 0 Å². The highest BCUT2D eigenvalue weighted by molar-refractivity contribution is 7.08. The largest absolute Gasteiger partial charge is 0.478 e. The first-order valence-electron chi connectivity index (χ1n) is 4.59. The zero-order chi connectivity index (χ0) is 12.0. The van der Waals surface area contributed by atoms with Crippen molar-refractivity contribution in [3.63, 3.8) is 0 Å². The van der Waals surface area contributed by atoms with E-state index in [9.17, 15) is 9.59 Å². The van der Waals surface area contributed by atoms with Gasteiger partial charge in [-0.25, -0.2) is 4.79 Å². The summed E-state index contributed by atoms with van der Waals surface area (Å²) in [6.07, 6.45) is -0.0251. The van der Waals surface area contributed by atoms with E-state index in [0.29, 0.717) is 12.2 Å². The Kier molecular flexibility index (Phi) is 4.55. The number of carbonyl (C=O) groups is 2. The molecule has 0 spiro atoms. The molecule has 1 aromatic rings. The van der Waals surface area contributed by atoms with Gasteiger partial charge in [0.1, 0.15) is 6.42 Å². The third kappa shape index (κ3) is 3.41. The summed E-state index contributed by atoms with van der Waals surface area (Å²) in [6, 6.07) is 0. The van der Waals surface area contributed by atoms with Gasteiger partial charge in [0.05, 0.1) is 12.2 Å². The smallest absolute Gasteiger partial charge is 0.337 e. The van der Waals surface area contributed by atoms with Crippen LogP contribution in [0.1, 0.15) is 29.3 Å². The van der Waals surface area contributed by atoms with Crippen LogP contribution in [0, 0.1) is 11.8 Å². The zero-order valence-electron chi connectivity index (χ0n) is 8.65. The number of hydrogen-bond acceptors (Lipinski definition) is 4. The number of hydrogen-bond donors (Lipinski definition) is 1. The summed E-state index contributed by atoms with van der Waals surface area (Å²) in [4.78, 5) is 21.7. The van der Waals surface area contributed by atoms with Crippen LogP contribution in [0.2, 0.25) is 0 Å². The molecule has 0 atom stereocenters. The van der Waals surface area contributed by atoms with Crippen LogP contribution in [0.25, 0.3) is 0 Å². The lowest BCUT2D eigenvalue weighted by Gasteiger charge is -1.94. The van der Waals surface area contributed by atoms with Crippen molar-refractivity contribution in [3.05, 3.63) is 21.9 Å². The topological polar surface area (TPSA) is 63.6 Å². The summed E-state index contributed by atoms with van der Waals surface area (Å²) < 4.78 is 4.68. The second kappa shape index (κ2) is 5.93. The minimum absolute atomic E-state index is 0.0251. The number of ether oxygens (including phenoxy) is 1. The van der Waals surface area contributed by atoms with E-state index in [4.69, 9.17) is 5.11 Å². The van der Waals surface area contributed by atoms with Gasteiger partial charge in [-0.05, 0) is 6.92 Å². The number of thiophene rings is 1. The highest BCUT2D eigenvalue weighted by Crippen LogP contribution is 2.13. The van der Waals surface area contributed by atoms with Crippen molar-refractivity contribution in [2.75, 3.05) is 6.61 Å². The highest BCUT2D eigenvalue weighted by atomic mass is 32.1. The molecule has 1 heterocycles. The molecular weight excluding hydrogens is 228 g/mol. The van der Waals surface area contributed by atoms with E-state index < -0.39 is 11.9 Å². The first-order valence-corrected chi connectivity index (χ1v) is 5.53. The number of esters is 1. The van der Waals surface area contributed by atoms with Gasteiger partial charge < -0.3 is 9.84 Å². The van der Waals surface area contributed by atoms with Crippen LogP contribution in [0.4, 0.5) is 0 Å². The fraction of sp³-hybridized carbons (Fsp3) is 0.273. The molecule has 84 valence electrons. The summed E-state index contributed by atoms with van der Waals surface area (Å²) in [5.41, 5.74) is 0.600. The Morgan fingerprint density at radius 2 is 2.25 bits per heavy atom. The Bertz CT molecular complexity index is 450. The Balaban J connectivity index is 2.66. The average Bonchev–Trinajstić information content (AvgIpc) is 2.66. The van der Waals surface area contributed by atoms with E-state index in [1.54, 1.807) is 12.3 Å². The summed E-state index contributed by atoms with van der Waals surface area (Å²) in [5.74, 6) is 3.82. The average molecular weight is 238 g/mol. The number of aromatic carboxylic acids is 1. The lowest BCUT2D eigenvalue weighted by molar-refractivity contribution is -0.141. The minimum atomic E-state index is -1.01. The van der Waals surface area contributed by atoms with E-state index >= 15 is 0 Å². The molecule has 1 aromatic heterocycles. The quantitative estimate of drug-likeness (QED) is 0.643. The van der Waals surface area contributed by atoms with Gasteiger partial charge in [0.2, 0.25) is 0 Å². The maximum atomic E-state index is 11.0. The molecule has 0 aliphatic rings. The third-order valence-corrected chi connectivity index (χ3v) is 2.40. The molecular formula is C11H10O4S. The maximum absolute atomic E-state index is 11.0. The number of carboxylic acids is 1. The lowest BCUT2D eigenvalue weighted by atomic mass is 10.2. The van der Waals surface area contributed by atoms with Crippen molar-refractivity contribution in [1.29, 1.82) is 0 Å². The van der Waals surface area contributed by atoms with Crippen molar-refractivity contribution >= 4 is 23.3 Å². The predicted molar refractivity (Wildman–Crippen MR) is 59.4 cm³/mol. The molecule has 0 amide bonds. The normalized spacial score (nSPS) is 9.06. The molecule has 0 aliphatic carbocycles. The highest BCUT2D eigenvalue weighted by Gasteiger charge is 2.08. The molecule has 0 unspecified atom stereocenters. The molecule has 1 rings (SSSR count). The van der Waals surface area contributed by atoms with Gasteiger partial charge in [0, 0.05) is 16.3 Å². The van der Waals surface area contributed by atoms with Crippen LogP contribution in [-0.2, 0) is 9.53 Å².